The topological polar surface area (TPSA) is 57.6 Å². The molecular weight excluding hydrogens is 230 g/mol. The highest BCUT2D eigenvalue weighted by molar-refractivity contribution is 5.93. The molecule has 0 unspecified atom stereocenters. The fourth-order valence-electron chi connectivity index (χ4n) is 2.05. The van der Waals surface area contributed by atoms with Gasteiger partial charge in [-0.2, -0.15) is 0 Å². The maximum atomic E-state index is 11.7. The Kier molecular flexibility index (Phi) is 3.33. The number of hydrogen-bond donors (Lipinski definition) is 1. The van der Waals surface area contributed by atoms with E-state index >= 15 is 0 Å². The highest BCUT2D eigenvalue weighted by atomic mass is 16.4. The number of hydrogen-bond acceptors (Lipinski definition) is 2. The Balaban J connectivity index is 2.26. The van der Waals surface area contributed by atoms with Crippen LogP contribution in [-0.4, -0.2) is 28.4 Å². The summed E-state index contributed by atoms with van der Waals surface area (Å²) in [4.78, 5) is 24.2. The third kappa shape index (κ3) is 2.35. The molecule has 0 aromatic heterocycles. The van der Waals surface area contributed by atoms with Crippen LogP contribution in [0.15, 0.2) is 18.2 Å². The molecular formula is C14H13NO3. The molecule has 18 heavy (non-hydrogen) atoms. The lowest BCUT2D eigenvalue weighted by molar-refractivity contribution is -0.125. The first-order valence-electron chi connectivity index (χ1n) is 5.68. The molecule has 0 fully saturated rings. The van der Waals surface area contributed by atoms with Crippen LogP contribution < -0.4 is 0 Å². The molecule has 1 aliphatic heterocycles. The summed E-state index contributed by atoms with van der Waals surface area (Å²) in [6.45, 7) is 2.69. The molecule has 2 rings (SSSR count). The van der Waals surface area contributed by atoms with Crippen molar-refractivity contribution in [1.82, 2.24) is 4.90 Å². The smallest absolute Gasteiger partial charge is 0.335 e. The van der Waals surface area contributed by atoms with Gasteiger partial charge in [0.2, 0.25) is 0 Å². The second-order valence-electron chi connectivity index (χ2n) is 4.14. The SMILES string of the molecule is CC#CC(=O)N1CCc2ccc(C(=O)O)cc2C1. The molecule has 0 spiro atoms. The van der Waals surface area contributed by atoms with E-state index in [1.165, 1.54) is 0 Å². The van der Waals surface area contributed by atoms with Gasteiger partial charge in [0.25, 0.3) is 5.91 Å². The fourth-order valence-corrected chi connectivity index (χ4v) is 2.05. The molecule has 1 N–H and O–H groups in total. The van der Waals surface area contributed by atoms with Crippen LogP contribution in [0.4, 0.5) is 0 Å². The van der Waals surface area contributed by atoms with Crippen molar-refractivity contribution in [2.45, 2.75) is 19.9 Å². The fraction of sp³-hybridized carbons (Fsp3) is 0.286. The van der Waals surface area contributed by atoms with E-state index in [9.17, 15) is 9.59 Å². The van der Waals surface area contributed by atoms with Crippen LogP contribution >= 0.6 is 0 Å². The summed E-state index contributed by atoms with van der Waals surface area (Å²) in [6, 6.07) is 5.06. The molecule has 1 aliphatic rings. The van der Waals surface area contributed by atoms with Crippen molar-refractivity contribution in [2.75, 3.05) is 6.54 Å². The molecule has 0 saturated carbocycles. The van der Waals surface area contributed by atoms with E-state index in [0.29, 0.717) is 13.1 Å². The van der Waals surface area contributed by atoms with Crippen molar-refractivity contribution in [3.63, 3.8) is 0 Å². The van der Waals surface area contributed by atoms with Crippen LogP contribution in [0.2, 0.25) is 0 Å². The molecule has 0 bridgehead atoms. The Labute approximate surface area is 105 Å². The predicted octanol–water partition coefficient (Wildman–Crippen LogP) is 1.29. The Morgan fingerprint density at radius 3 is 2.78 bits per heavy atom. The van der Waals surface area contributed by atoms with Gasteiger partial charge in [0.1, 0.15) is 0 Å². The van der Waals surface area contributed by atoms with Gasteiger partial charge < -0.3 is 10.0 Å². The summed E-state index contributed by atoms with van der Waals surface area (Å²) in [5.74, 6) is 3.93. The summed E-state index contributed by atoms with van der Waals surface area (Å²) >= 11 is 0. The normalized spacial score (nSPS) is 13.3. The third-order valence-corrected chi connectivity index (χ3v) is 2.98. The van der Waals surface area contributed by atoms with E-state index < -0.39 is 5.97 Å². The number of nitrogens with zero attached hydrogens (tertiary/aromatic N) is 1. The van der Waals surface area contributed by atoms with Crippen molar-refractivity contribution in [3.8, 4) is 11.8 Å². The van der Waals surface area contributed by atoms with Gasteiger partial charge in [0.15, 0.2) is 0 Å². The van der Waals surface area contributed by atoms with E-state index in [-0.39, 0.29) is 11.5 Å². The molecule has 0 atom stereocenters. The lowest BCUT2D eigenvalue weighted by atomic mass is 9.97. The monoisotopic (exact) mass is 243 g/mol. The molecule has 4 heteroatoms. The Morgan fingerprint density at radius 1 is 1.33 bits per heavy atom. The maximum Gasteiger partial charge on any atom is 0.335 e. The van der Waals surface area contributed by atoms with Crippen molar-refractivity contribution in [2.24, 2.45) is 0 Å². The van der Waals surface area contributed by atoms with Crippen LogP contribution in [0.1, 0.15) is 28.4 Å². The highest BCUT2D eigenvalue weighted by Gasteiger charge is 2.20. The first-order chi connectivity index (χ1) is 8.61. The first kappa shape index (κ1) is 12.2. The zero-order chi connectivity index (χ0) is 13.1. The van der Waals surface area contributed by atoms with Gasteiger partial charge in [-0.1, -0.05) is 12.0 Å². The largest absolute Gasteiger partial charge is 0.478 e. The van der Waals surface area contributed by atoms with E-state index in [4.69, 9.17) is 5.11 Å². The summed E-state index contributed by atoms with van der Waals surface area (Å²) in [5, 5.41) is 8.94. The summed E-state index contributed by atoms with van der Waals surface area (Å²) < 4.78 is 0. The van der Waals surface area contributed by atoms with Gasteiger partial charge in [0, 0.05) is 13.1 Å². The van der Waals surface area contributed by atoms with E-state index in [1.54, 1.807) is 24.0 Å². The van der Waals surface area contributed by atoms with Gasteiger partial charge >= 0.3 is 5.97 Å². The van der Waals surface area contributed by atoms with Gasteiger partial charge in [-0.25, -0.2) is 4.79 Å². The minimum Gasteiger partial charge on any atom is -0.478 e. The number of fused-ring (bicyclic) bond motifs is 1. The minimum absolute atomic E-state index is 0.205. The first-order valence-corrected chi connectivity index (χ1v) is 5.68. The predicted molar refractivity (Wildman–Crippen MR) is 66.0 cm³/mol. The zero-order valence-corrected chi connectivity index (χ0v) is 10.1. The van der Waals surface area contributed by atoms with E-state index in [0.717, 1.165) is 17.5 Å². The third-order valence-electron chi connectivity index (χ3n) is 2.98. The Morgan fingerprint density at radius 2 is 2.11 bits per heavy atom. The van der Waals surface area contributed by atoms with E-state index in [1.807, 2.05) is 6.07 Å². The van der Waals surface area contributed by atoms with Crippen molar-refractivity contribution < 1.29 is 14.7 Å². The number of amides is 1. The zero-order valence-electron chi connectivity index (χ0n) is 10.1. The molecule has 92 valence electrons. The average molecular weight is 243 g/mol. The van der Waals surface area contributed by atoms with Crippen LogP contribution in [0, 0.1) is 11.8 Å². The Hall–Kier alpha value is -2.28. The minimum atomic E-state index is -0.949. The van der Waals surface area contributed by atoms with Crippen LogP contribution in [0.3, 0.4) is 0 Å². The summed E-state index contributed by atoms with van der Waals surface area (Å²) in [6.07, 6.45) is 0.742. The molecule has 1 aromatic carbocycles. The molecule has 0 radical (unpaired) electrons. The van der Waals surface area contributed by atoms with Gasteiger partial charge in [-0.05, 0) is 42.5 Å². The molecule has 4 nitrogen and oxygen atoms in total. The lowest BCUT2D eigenvalue weighted by Crippen LogP contribution is -2.35. The van der Waals surface area contributed by atoms with Crippen molar-refractivity contribution >= 4 is 11.9 Å². The van der Waals surface area contributed by atoms with Crippen LogP contribution in [0.25, 0.3) is 0 Å². The summed E-state index contributed by atoms with van der Waals surface area (Å²) in [7, 11) is 0. The van der Waals surface area contributed by atoms with Crippen LogP contribution in [-0.2, 0) is 17.8 Å². The Bertz CT molecular complexity index is 566. The second kappa shape index (κ2) is 4.92. The number of carboxylic acid groups (broad SMARTS) is 1. The van der Waals surface area contributed by atoms with Crippen molar-refractivity contribution in [1.29, 1.82) is 0 Å². The molecule has 0 saturated heterocycles. The molecule has 1 heterocycles. The number of benzene rings is 1. The van der Waals surface area contributed by atoms with Gasteiger partial charge in [-0.3, -0.25) is 4.79 Å². The quantitative estimate of drug-likeness (QED) is 0.756. The molecule has 1 amide bonds. The number of rotatable bonds is 1. The average Bonchev–Trinajstić information content (AvgIpc) is 2.37. The number of carbonyl (C=O) groups excluding carboxylic acids is 1. The number of carboxylic acids is 1. The lowest BCUT2D eigenvalue weighted by Gasteiger charge is -2.27. The highest BCUT2D eigenvalue weighted by Crippen LogP contribution is 2.20. The number of carbonyl (C=O) groups is 2. The molecule has 0 aliphatic carbocycles. The van der Waals surface area contributed by atoms with Crippen molar-refractivity contribution in [3.05, 3.63) is 34.9 Å². The number of aromatic carboxylic acids is 1. The van der Waals surface area contributed by atoms with Crippen LogP contribution in [0.5, 0.6) is 0 Å². The van der Waals surface area contributed by atoms with E-state index in [2.05, 4.69) is 11.8 Å². The van der Waals surface area contributed by atoms with Gasteiger partial charge in [-0.15, -0.1) is 0 Å². The second-order valence-corrected chi connectivity index (χ2v) is 4.14. The maximum absolute atomic E-state index is 11.7. The van der Waals surface area contributed by atoms with Gasteiger partial charge in [0.05, 0.1) is 5.56 Å². The standard InChI is InChI=1S/C14H13NO3/c1-2-3-13(16)15-7-6-10-4-5-11(14(17)18)8-12(10)9-15/h4-5,8H,6-7,9H2,1H3,(H,17,18). The molecule has 1 aromatic rings. The summed E-state index contributed by atoms with van der Waals surface area (Å²) in [5.41, 5.74) is 2.26.